The van der Waals surface area contributed by atoms with Gasteiger partial charge in [0.05, 0.1) is 44.1 Å². The van der Waals surface area contributed by atoms with Crippen LogP contribution in [0.4, 0.5) is 15.0 Å². The normalized spacial score (nSPS) is 23.8. The van der Waals surface area contributed by atoms with Crippen LogP contribution < -0.4 is 9.64 Å². The van der Waals surface area contributed by atoms with E-state index in [4.69, 9.17) is 14.2 Å². The van der Waals surface area contributed by atoms with Crippen LogP contribution in [0.15, 0.2) is 24.4 Å². The molecule has 0 radical (unpaired) electrons. The molecule has 41 heavy (non-hydrogen) atoms. The van der Waals surface area contributed by atoms with Gasteiger partial charge in [-0.2, -0.15) is 42.1 Å². The number of ether oxygens (including phenoxy) is 3. The summed E-state index contributed by atoms with van der Waals surface area (Å²) in [6, 6.07) is 6.53. The number of hydrogen-bond donors (Lipinski definition) is 0. The van der Waals surface area contributed by atoms with E-state index in [1.807, 2.05) is 45.9 Å². The highest BCUT2D eigenvalue weighted by Gasteiger charge is 2.40. The predicted molar refractivity (Wildman–Crippen MR) is 164 cm³/mol. The number of benzene rings is 1. The number of carbonyl (C=O) groups excluding carboxylic acids is 1. The fourth-order valence-corrected chi connectivity index (χ4v) is 5.96. The first kappa shape index (κ1) is 31.2. The zero-order chi connectivity index (χ0) is 27.5. The Morgan fingerprint density at radius 2 is 1.88 bits per heavy atom. The maximum Gasteiger partial charge on any atom is 0.410 e. The summed E-state index contributed by atoms with van der Waals surface area (Å²) in [6.07, 6.45) is 1.84. The van der Waals surface area contributed by atoms with E-state index in [2.05, 4.69) is 20.0 Å². The van der Waals surface area contributed by atoms with Crippen molar-refractivity contribution in [1.29, 1.82) is 0 Å². The molecular weight excluding hydrogens is 567 g/mol. The SMILES string of the molecule is COc1nc(N2C[C@@H]3C[C@H]2CO3)cc(-n2ncc3cc(C)c(C4CCN(C(=O)OC(C)(C)C)CC4F)cc32)n1.S.S. The molecule has 3 aliphatic rings. The number of fused-ring (bicyclic) bond motifs is 3. The number of anilines is 1. The standard InChI is InChI=1S/C28H35FN6O4.2H2S/c1-16-8-17-12-30-35(25-11-24(31-26(32-25)37-5)34-13-19-9-18(34)15-38-19)23(17)10-21(16)20-6-7-33(14-22(20)29)27(36)39-28(2,3)4;;/h8,10-12,18-20,22H,6-7,9,13-15H2,1-5H3;2*1H2/t18-,19-,20?,22?;;/m0../s1. The molecule has 6 rings (SSSR count). The molecule has 5 heterocycles. The van der Waals surface area contributed by atoms with Crippen molar-refractivity contribution < 1.29 is 23.4 Å². The Kier molecular flexibility index (Phi) is 9.01. The number of morpholine rings is 1. The molecule has 10 nitrogen and oxygen atoms in total. The molecular formula is C28H39FN6O4S2. The minimum atomic E-state index is -1.21. The number of likely N-dealkylation sites (tertiary alicyclic amines) is 1. The highest BCUT2D eigenvalue weighted by molar-refractivity contribution is 7.59. The van der Waals surface area contributed by atoms with E-state index in [0.29, 0.717) is 31.4 Å². The van der Waals surface area contributed by atoms with Crippen molar-refractivity contribution in [2.75, 3.05) is 38.3 Å². The summed E-state index contributed by atoms with van der Waals surface area (Å²) in [7, 11) is 1.55. The van der Waals surface area contributed by atoms with Crippen LogP contribution in [0.1, 0.15) is 50.7 Å². The maximum atomic E-state index is 15.6. The van der Waals surface area contributed by atoms with Gasteiger partial charge in [-0.3, -0.25) is 0 Å². The lowest BCUT2D eigenvalue weighted by atomic mass is 9.85. The number of nitrogens with zero attached hydrogens (tertiary/aromatic N) is 6. The van der Waals surface area contributed by atoms with Gasteiger partial charge in [0.2, 0.25) is 0 Å². The van der Waals surface area contributed by atoms with E-state index < -0.39 is 17.9 Å². The lowest BCUT2D eigenvalue weighted by molar-refractivity contribution is 0.0111. The zero-order valence-electron chi connectivity index (χ0n) is 24.1. The molecule has 2 aromatic heterocycles. The number of piperidine rings is 1. The molecule has 0 aliphatic carbocycles. The summed E-state index contributed by atoms with van der Waals surface area (Å²) in [5.74, 6) is 1.02. The molecule has 1 amide bonds. The third-order valence-electron chi connectivity index (χ3n) is 7.82. The van der Waals surface area contributed by atoms with Gasteiger partial charge in [0, 0.05) is 30.5 Å². The second kappa shape index (κ2) is 11.8. The molecule has 0 saturated carbocycles. The summed E-state index contributed by atoms with van der Waals surface area (Å²) in [5.41, 5.74) is 2.12. The number of carbonyl (C=O) groups is 1. The molecule has 1 aromatic carbocycles. The lowest BCUT2D eigenvalue weighted by Gasteiger charge is -2.36. The molecule has 13 heteroatoms. The van der Waals surface area contributed by atoms with E-state index in [9.17, 15) is 4.79 Å². The van der Waals surface area contributed by atoms with Gasteiger partial charge >= 0.3 is 12.1 Å². The van der Waals surface area contributed by atoms with Crippen molar-refractivity contribution in [3.63, 3.8) is 0 Å². The number of rotatable bonds is 4. The molecule has 224 valence electrons. The Bertz CT molecular complexity index is 1420. The van der Waals surface area contributed by atoms with E-state index in [1.165, 1.54) is 4.90 Å². The monoisotopic (exact) mass is 606 g/mol. The summed E-state index contributed by atoms with van der Waals surface area (Å²) in [5, 5.41) is 5.57. The lowest BCUT2D eigenvalue weighted by Crippen LogP contribution is -2.46. The van der Waals surface area contributed by atoms with Gasteiger partial charge in [0.1, 0.15) is 17.6 Å². The average molecular weight is 607 g/mol. The van der Waals surface area contributed by atoms with Gasteiger partial charge in [0.15, 0.2) is 5.82 Å². The van der Waals surface area contributed by atoms with Crippen molar-refractivity contribution in [3.05, 3.63) is 35.5 Å². The number of aryl methyl sites for hydroxylation is 1. The quantitative estimate of drug-likeness (QED) is 0.432. The maximum absolute atomic E-state index is 15.6. The first-order valence-corrected chi connectivity index (χ1v) is 13.5. The van der Waals surface area contributed by atoms with Crippen molar-refractivity contribution in [3.8, 4) is 11.8 Å². The summed E-state index contributed by atoms with van der Waals surface area (Å²) < 4.78 is 34.0. The largest absolute Gasteiger partial charge is 0.467 e. The second-order valence-corrected chi connectivity index (χ2v) is 11.7. The van der Waals surface area contributed by atoms with E-state index in [-0.39, 0.29) is 51.6 Å². The van der Waals surface area contributed by atoms with Crippen LogP contribution in [-0.2, 0) is 9.47 Å². The number of amides is 1. The first-order chi connectivity index (χ1) is 18.6. The molecule has 2 unspecified atom stereocenters. The Morgan fingerprint density at radius 1 is 1.12 bits per heavy atom. The third-order valence-corrected chi connectivity index (χ3v) is 7.82. The Morgan fingerprint density at radius 3 is 2.51 bits per heavy atom. The Labute approximate surface area is 253 Å². The molecule has 2 bridgehead atoms. The second-order valence-electron chi connectivity index (χ2n) is 11.7. The number of methoxy groups -OCH3 is 1. The predicted octanol–water partition coefficient (Wildman–Crippen LogP) is 4.40. The molecule has 4 atom stereocenters. The van der Waals surface area contributed by atoms with Crippen LogP contribution in [0.3, 0.4) is 0 Å². The van der Waals surface area contributed by atoms with Crippen molar-refractivity contribution in [2.24, 2.45) is 0 Å². The smallest absolute Gasteiger partial charge is 0.410 e. The summed E-state index contributed by atoms with van der Waals surface area (Å²) in [6.45, 7) is 9.35. The Hall–Kier alpha value is -2.77. The number of hydrogen-bond acceptors (Lipinski definition) is 8. The summed E-state index contributed by atoms with van der Waals surface area (Å²) in [4.78, 5) is 25.4. The molecule has 3 aromatic rings. The van der Waals surface area contributed by atoms with Gasteiger partial charge in [-0.25, -0.2) is 13.9 Å². The van der Waals surface area contributed by atoms with E-state index >= 15 is 4.39 Å². The van der Waals surface area contributed by atoms with Gasteiger partial charge in [-0.05, 0) is 63.8 Å². The molecule has 3 aliphatic heterocycles. The number of alkyl halides is 1. The van der Waals surface area contributed by atoms with Gasteiger partial charge in [0.25, 0.3) is 0 Å². The molecule has 0 N–H and O–H groups in total. The van der Waals surface area contributed by atoms with Crippen molar-refractivity contribution in [2.45, 2.75) is 70.4 Å². The number of halogens is 1. The first-order valence-electron chi connectivity index (χ1n) is 13.5. The van der Waals surface area contributed by atoms with Crippen LogP contribution in [-0.4, -0.2) is 88.0 Å². The highest BCUT2D eigenvalue weighted by Crippen LogP contribution is 2.37. The van der Waals surface area contributed by atoms with Gasteiger partial charge in [-0.15, -0.1) is 0 Å². The fourth-order valence-electron chi connectivity index (χ4n) is 5.96. The molecule has 0 spiro atoms. The van der Waals surface area contributed by atoms with Crippen LogP contribution in [0.5, 0.6) is 6.01 Å². The van der Waals surface area contributed by atoms with Gasteiger partial charge < -0.3 is 24.0 Å². The number of aromatic nitrogens is 4. The summed E-state index contributed by atoms with van der Waals surface area (Å²) >= 11 is 0. The van der Waals surface area contributed by atoms with Crippen LogP contribution >= 0.6 is 27.0 Å². The van der Waals surface area contributed by atoms with Crippen LogP contribution in [0.2, 0.25) is 0 Å². The van der Waals surface area contributed by atoms with E-state index in [1.54, 1.807) is 18.0 Å². The topological polar surface area (TPSA) is 94.8 Å². The minimum absolute atomic E-state index is 0. The van der Waals surface area contributed by atoms with Crippen LogP contribution in [0, 0.1) is 6.92 Å². The minimum Gasteiger partial charge on any atom is -0.467 e. The average Bonchev–Trinajstić information content (AvgIpc) is 3.63. The Balaban J connectivity index is 0.00000194. The zero-order valence-corrected chi connectivity index (χ0v) is 26.1. The molecule has 3 fully saturated rings. The van der Waals surface area contributed by atoms with Crippen LogP contribution in [0.25, 0.3) is 16.7 Å². The van der Waals surface area contributed by atoms with Crippen molar-refractivity contribution in [1.82, 2.24) is 24.6 Å². The van der Waals surface area contributed by atoms with Gasteiger partial charge in [-0.1, -0.05) is 0 Å². The third kappa shape index (κ3) is 6.07. The fraction of sp³-hybridized carbons (Fsp3) is 0.571. The van der Waals surface area contributed by atoms with E-state index in [0.717, 1.165) is 40.8 Å². The highest BCUT2D eigenvalue weighted by atomic mass is 32.1. The van der Waals surface area contributed by atoms with Crippen molar-refractivity contribution >= 4 is 49.8 Å². The molecule has 3 saturated heterocycles.